The normalized spacial score (nSPS) is 16.0. The molecule has 0 aromatic heterocycles. The Labute approximate surface area is 132 Å². The Kier molecular flexibility index (Phi) is 6.61. The Morgan fingerprint density at radius 1 is 1.10 bits per heavy atom. The number of nitrogens with one attached hydrogen (secondary N) is 1. The van der Waals surface area contributed by atoms with Crippen molar-refractivity contribution < 1.29 is 9.47 Å². The number of benzene rings is 1. The summed E-state index contributed by atoms with van der Waals surface area (Å²) >= 11 is 6.13. The molecule has 1 saturated heterocycles. The largest absolute Gasteiger partial charge is 0.496 e. The Balaban J connectivity index is 1.84. The minimum Gasteiger partial charge on any atom is -0.496 e. The van der Waals surface area contributed by atoms with Crippen LogP contribution in [0.2, 0.25) is 5.02 Å². The second-order valence-electron chi connectivity index (χ2n) is 5.35. The first-order chi connectivity index (χ1) is 10.2. The van der Waals surface area contributed by atoms with E-state index >= 15 is 0 Å². The average Bonchev–Trinajstić information content (AvgIpc) is 2.53. The van der Waals surface area contributed by atoms with Crippen molar-refractivity contribution in [3.63, 3.8) is 0 Å². The number of nitrogens with zero attached hydrogens (tertiary/aromatic N) is 1. The lowest BCUT2D eigenvalue weighted by Gasteiger charge is -2.27. The number of unbranched alkanes of at least 4 members (excludes halogenated alkanes) is 1. The lowest BCUT2D eigenvalue weighted by atomic mass is 10.1. The summed E-state index contributed by atoms with van der Waals surface area (Å²) in [5.74, 6) is 1.57. The van der Waals surface area contributed by atoms with Crippen LogP contribution in [0.1, 0.15) is 18.4 Å². The SMILES string of the molecule is COc1cc(CCCCN2CCNCC2)c(OC)cc1Cl. The Morgan fingerprint density at radius 2 is 1.81 bits per heavy atom. The van der Waals surface area contributed by atoms with E-state index in [1.54, 1.807) is 14.2 Å². The zero-order chi connectivity index (χ0) is 15.1. The van der Waals surface area contributed by atoms with Gasteiger partial charge in [-0.15, -0.1) is 0 Å². The van der Waals surface area contributed by atoms with E-state index in [9.17, 15) is 0 Å². The van der Waals surface area contributed by atoms with Crippen LogP contribution in [0, 0.1) is 0 Å². The van der Waals surface area contributed by atoms with Gasteiger partial charge in [0.2, 0.25) is 0 Å². The molecule has 1 aliphatic heterocycles. The average molecular weight is 313 g/mol. The molecule has 0 atom stereocenters. The number of methoxy groups -OCH3 is 2. The molecule has 0 saturated carbocycles. The number of piperazine rings is 1. The number of hydrogen-bond acceptors (Lipinski definition) is 4. The Bertz CT molecular complexity index is 448. The van der Waals surface area contributed by atoms with Gasteiger partial charge in [-0.25, -0.2) is 0 Å². The van der Waals surface area contributed by atoms with Crippen LogP contribution >= 0.6 is 11.6 Å². The van der Waals surface area contributed by atoms with E-state index in [1.165, 1.54) is 18.5 Å². The van der Waals surface area contributed by atoms with Crippen LogP contribution in [0.5, 0.6) is 11.5 Å². The summed E-state index contributed by atoms with van der Waals surface area (Å²) in [6.07, 6.45) is 3.34. The maximum absolute atomic E-state index is 6.13. The molecule has 4 nitrogen and oxygen atoms in total. The molecule has 0 radical (unpaired) electrons. The van der Waals surface area contributed by atoms with Crippen LogP contribution in [0.4, 0.5) is 0 Å². The fourth-order valence-electron chi connectivity index (χ4n) is 2.70. The van der Waals surface area contributed by atoms with Crippen molar-refractivity contribution in [2.45, 2.75) is 19.3 Å². The van der Waals surface area contributed by atoms with Crippen molar-refractivity contribution in [2.75, 3.05) is 46.9 Å². The molecule has 0 aliphatic carbocycles. The maximum atomic E-state index is 6.13. The van der Waals surface area contributed by atoms with Crippen molar-refractivity contribution in [2.24, 2.45) is 0 Å². The quantitative estimate of drug-likeness (QED) is 0.785. The highest BCUT2D eigenvalue weighted by Crippen LogP contribution is 2.33. The van der Waals surface area contributed by atoms with E-state index in [0.717, 1.165) is 50.5 Å². The zero-order valence-electron chi connectivity index (χ0n) is 13.0. The highest BCUT2D eigenvalue weighted by molar-refractivity contribution is 6.32. The number of hydrogen-bond donors (Lipinski definition) is 1. The van der Waals surface area contributed by atoms with Crippen LogP contribution in [0.25, 0.3) is 0 Å². The second kappa shape index (κ2) is 8.47. The highest BCUT2D eigenvalue weighted by Gasteiger charge is 2.11. The standard InChI is InChI=1S/C16H25ClN2O2/c1-20-15-12-14(17)16(21-2)11-13(15)5-3-4-8-19-9-6-18-7-10-19/h11-12,18H,3-10H2,1-2H3. The molecule has 1 heterocycles. The van der Waals surface area contributed by atoms with Gasteiger partial charge in [0.25, 0.3) is 0 Å². The summed E-state index contributed by atoms with van der Waals surface area (Å²) in [6.45, 7) is 5.73. The molecule has 0 bridgehead atoms. The third-order valence-electron chi connectivity index (χ3n) is 3.93. The lowest BCUT2D eigenvalue weighted by Crippen LogP contribution is -2.43. The van der Waals surface area contributed by atoms with E-state index in [0.29, 0.717) is 5.02 Å². The van der Waals surface area contributed by atoms with Gasteiger partial charge in [0.1, 0.15) is 11.5 Å². The molecule has 5 heteroatoms. The summed E-state index contributed by atoms with van der Waals surface area (Å²) in [5, 5.41) is 3.98. The van der Waals surface area contributed by atoms with E-state index in [-0.39, 0.29) is 0 Å². The molecular formula is C16H25ClN2O2. The number of rotatable bonds is 7. The molecule has 1 fully saturated rings. The molecule has 21 heavy (non-hydrogen) atoms. The molecule has 118 valence electrons. The molecule has 1 aromatic carbocycles. The molecule has 2 rings (SSSR count). The molecule has 0 unspecified atom stereocenters. The predicted molar refractivity (Wildman–Crippen MR) is 86.8 cm³/mol. The van der Waals surface area contributed by atoms with E-state index in [2.05, 4.69) is 10.2 Å². The van der Waals surface area contributed by atoms with Crippen molar-refractivity contribution >= 4 is 11.6 Å². The van der Waals surface area contributed by atoms with Crippen molar-refractivity contribution in [1.82, 2.24) is 10.2 Å². The first-order valence-electron chi connectivity index (χ1n) is 7.58. The molecular weight excluding hydrogens is 288 g/mol. The monoisotopic (exact) mass is 312 g/mol. The Morgan fingerprint density at radius 3 is 2.48 bits per heavy atom. The molecule has 0 spiro atoms. The molecule has 1 aliphatic rings. The smallest absolute Gasteiger partial charge is 0.137 e. The van der Waals surface area contributed by atoms with Gasteiger partial charge in [0.05, 0.1) is 19.2 Å². The van der Waals surface area contributed by atoms with Crippen molar-refractivity contribution in [3.05, 3.63) is 22.7 Å². The van der Waals surface area contributed by atoms with Crippen LogP contribution in [0.3, 0.4) is 0 Å². The van der Waals surface area contributed by atoms with Crippen LogP contribution in [-0.4, -0.2) is 51.8 Å². The van der Waals surface area contributed by atoms with Gasteiger partial charge in [-0.3, -0.25) is 0 Å². The van der Waals surface area contributed by atoms with Gasteiger partial charge >= 0.3 is 0 Å². The molecule has 1 aromatic rings. The molecule has 0 amide bonds. The van der Waals surface area contributed by atoms with Gasteiger partial charge in [0, 0.05) is 32.2 Å². The minimum absolute atomic E-state index is 0.596. The van der Waals surface area contributed by atoms with E-state index in [1.807, 2.05) is 12.1 Å². The lowest BCUT2D eigenvalue weighted by molar-refractivity contribution is 0.236. The van der Waals surface area contributed by atoms with Crippen LogP contribution in [0.15, 0.2) is 12.1 Å². The van der Waals surface area contributed by atoms with E-state index < -0.39 is 0 Å². The van der Waals surface area contributed by atoms with Gasteiger partial charge in [-0.2, -0.15) is 0 Å². The van der Waals surface area contributed by atoms with Gasteiger partial charge in [0.15, 0.2) is 0 Å². The van der Waals surface area contributed by atoms with E-state index in [4.69, 9.17) is 21.1 Å². The summed E-state index contributed by atoms with van der Waals surface area (Å²) < 4.78 is 10.7. The number of ether oxygens (including phenoxy) is 2. The van der Waals surface area contributed by atoms with Crippen LogP contribution < -0.4 is 14.8 Å². The maximum Gasteiger partial charge on any atom is 0.137 e. The van der Waals surface area contributed by atoms with Gasteiger partial charge in [-0.1, -0.05) is 11.6 Å². The van der Waals surface area contributed by atoms with Crippen LogP contribution in [-0.2, 0) is 6.42 Å². The third-order valence-corrected chi connectivity index (χ3v) is 4.23. The first kappa shape index (κ1) is 16.4. The topological polar surface area (TPSA) is 33.7 Å². The third kappa shape index (κ3) is 4.77. The summed E-state index contributed by atoms with van der Waals surface area (Å²) in [5.41, 5.74) is 1.17. The van der Waals surface area contributed by atoms with Gasteiger partial charge < -0.3 is 19.7 Å². The Hall–Kier alpha value is -0.970. The zero-order valence-corrected chi connectivity index (χ0v) is 13.7. The minimum atomic E-state index is 0.596. The molecule has 1 N–H and O–H groups in total. The highest BCUT2D eigenvalue weighted by atomic mass is 35.5. The second-order valence-corrected chi connectivity index (χ2v) is 5.75. The fraction of sp³-hybridized carbons (Fsp3) is 0.625. The predicted octanol–water partition coefficient (Wildman–Crippen LogP) is 2.59. The summed E-state index contributed by atoms with van der Waals surface area (Å²) in [4.78, 5) is 2.52. The van der Waals surface area contributed by atoms with Crippen molar-refractivity contribution in [3.8, 4) is 11.5 Å². The van der Waals surface area contributed by atoms with Gasteiger partial charge in [-0.05, 0) is 37.4 Å². The first-order valence-corrected chi connectivity index (χ1v) is 7.96. The fourth-order valence-corrected chi connectivity index (χ4v) is 2.94. The summed E-state index contributed by atoms with van der Waals surface area (Å²) in [7, 11) is 3.32. The van der Waals surface area contributed by atoms with Crippen molar-refractivity contribution in [1.29, 1.82) is 0 Å². The summed E-state index contributed by atoms with van der Waals surface area (Å²) in [6, 6.07) is 3.83. The number of halogens is 1. The number of aryl methyl sites for hydroxylation is 1.